The molecule has 0 saturated heterocycles. The number of H-pyrrole nitrogens is 1. The van der Waals surface area contributed by atoms with Gasteiger partial charge in [0.25, 0.3) is 5.91 Å². The number of carbonyl (C=O) groups excluding carboxylic acids is 1. The van der Waals surface area contributed by atoms with Crippen molar-refractivity contribution in [1.82, 2.24) is 9.97 Å². The zero-order chi connectivity index (χ0) is 23.5. The highest BCUT2D eigenvalue weighted by Gasteiger charge is 2.19. The van der Waals surface area contributed by atoms with Crippen molar-refractivity contribution in [2.45, 2.75) is 20.0 Å². The summed E-state index contributed by atoms with van der Waals surface area (Å²) in [5, 5.41) is 22.0. The molecule has 4 rings (SSSR count). The number of pyridine rings is 1. The zero-order valence-electron chi connectivity index (χ0n) is 17.8. The number of rotatable bonds is 7. The molecule has 0 fully saturated rings. The number of anilines is 1. The first-order chi connectivity index (χ1) is 15.8. The Hall–Kier alpha value is -4.37. The van der Waals surface area contributed by atoms with E-state index in [0.29, 0.717) is 28.6 Å². The lowest BCUT2D eigenvalue weighted by molar-refractivity contribution is 0.0690. The minimum Gasteiger partial charge on any atom is -0.478 e. The number of amides is 1. The lowest BCUT2D eigenvalue weighted by Crippen LogP contribution is -2.12. The number of aromatic carboxylic acids is 1. The van der Waals surface area contributed by atoms with Gasteiger partial charge in [0.2, 0.25) is 0 Å². The number of ether oxygens (including phenoxy) is 1. The summed E-state index contributed by atoms with van der Waals surface area (Å²) in [6, 6.07) is 13.3. The van der Waals surface area contributed by atoms with Gasteiger partial charge >= 0.3 is 5.97 Å². The maximum atomic E-state index is 12.4. The Balaban J connectivity index is 1.54. The molecule has 0 aliphatic carbocycles. The number of carboxylic acid groups (broad SMARTS) is 1. The molecule has 3 aromatic heterocycles. The fourth-order valence-electron chi connectivity index (χ4n) is 3.30. The van der Waals surface area contributed by atoms with E-state index in [1.807, 2.05) is 0 Å². The van der Waals surface area contributed by atoms with Crippen LogP contribution < -0.4 is 10.1 Å². The summed E-state index contributed by atoms with van der Waals surface area (Å²) in [5.74, 6) is -0.345. The first-order valence-electron chi connectivity index (χ1n) is 10.1. The highest BCUT2D eigenvalue weighted by molar-refractivity contribution is 6.03. The second-order valence-electron chi connectivity index (χ2n) is 7.39. The maximum Gasteiger partial charge on any atom is 0.337 e. The molecule has 1 unspecified atom stereocenters. The van der Waals surface area contributed by atoms with E-state index in [1.54, 1.807) is 49.4 Å². The fraction of sp³-hybridized carbons (Fsp3) is 0.125. The average Bonchev–Trinajstić information content (AvgIpc) is 3.41. The van der Waals surface area contributed by atoms with Crippen LogP contribution in [0.5, 0.6) is 11.5 Å². The molecule has 1 aromatic carbocycles. The molecule has 4 N–H and O–H groups in total. The molecule has 0 aliphatic rings. The summed E-state index contributed by atoms with van der Waals surface area (Å²) in [4.78, 5) is 31.0. The van der Waals surface area contributed by atoms with E-state index in [9.17, 15) is 19.8 Å². The minimum absolute atomic E-state index is 0.0247. The monoisotopic (exact) mass is 447 g/mol. The number of aryl methyl sites for hydroxylation is 1. The molecule has 168 valence electrons. The predicted molar refractivity (Wildman–Crippen MR) is 120 cm³/mol. The average molecular weight is 447 g/mol. The third-order valence-electron chi connectivity index (χ3n) is 4.90. The van der Waals surface area contributed by atoms with Gasteiger partial charge in [0.05, 0.1) is 35.0 Å². The summed E-state index contributed by atoms with van der Waals surface area (Å²) in [6.45, 7) is 3.26. The third-order valence-corrected chi connectivity index (χ3v) is 4.90. The van der Waals surface area contributed by atoms with Gasteiger partial charge in [-0.15, -0.1) is 0 Å². The quantitative estimate of drug-likeness (QED) is 0.320. The van der Waals surface area contributed by atoms with Crippen LogP contribution in [0.4, 0.5) is 5.69 Å². The number of aliphatic hydroxyl groups is 1. The first-order valence-corrected chi connectivity index (χ1v) is 10.1. The van der Waals surface area contributed by atoms with Crippen molar-refractivity contribution in [3.8, 4) is 22.9 Å². The minimum atomic E-state index is -1.15. The first kappa shape index (κ1) is 21.8. The number of hydrogen-bond acceptors (Lipinski definition) is 6. The van der Waals surface area contributed by atoms with Gasteiger partial charge in [0.1, 0.15) is 11.5 Å². The van der Waals surface area contributed by atoms with Crippen LogP contribution in [-0.4, -0.2) is 32.1 Å². The van der Waals surface area contributed by atoms with Crippen molar-refractivity contribution in [3.05, 3.63) is 83.6 Å². The van der Waals surface area contributed by atoms with Crippen LogP contribution in [0, 0.1) is 6.92 Å². The molecular weight excluding hydrogens is 426 g/mol. The third kappa shape index (κ3) is 4.78. The topological polar surface area (TPSA) is 138 Å². The number of furan rings is 1. The molecule has 0 saturated carbocycles. The van der Waals surface area contributed by atoms with Crippen molar-refractivity contribution in [3.63, 3.8) is 0 Å². The van der Waals surface area contributed by atoms with Crippen molar-refractivity contribution in [2.75, 3.05) is 5.32 Å². The van der Waals surface area contributed by atoms with E-state index in [2.05, 4.69) is 15.3 Å². The van der Waals surface area contributed by atoms with Crippen molar-refractivity contribution >= 4 is 17.6 Å². The van der Waals surface area contributed by atoms with Crippen molar-refractivity contribution < 1.29 is 29.0 Å². The van der Waals surface area contributed by atoms with Gasteiger partial charge in [0, 0.05) is 29.6 Å². The molecule has 33 heavy (non-hydrogen) atoms. The molecule has 0 bridgehead atoms. The maximum absolute atomic E-state index is 12.4. The Labute approximate surface area is 188 Å². The Morgan fingerprint density at radius 1 is 1.15 bits per heavy atom. The molecule has 9 nitrogen and oxygen atoms in total. The smallest absolute Gasteiger partial charge is 0.337 e. The van der Waals surface area contributed by atoms with Crippen LogP contribution in [0.1, 0.15) is 45.2 Å². The van der Waals surface area contributed by atoms with Gasteiger partial charge in [0.15, 0.2) is 5.76 Å². The van der Waals surface area contributed by atoms with E-state index in [1.165, 1.54) is 25.5 Å². The van der Waals surface area contributed by atoms with E-state index < -0.39 is 12.1 Å². The summed E-state index contributed by atoms with van der Waals surface area (Å²) < 4.78 is 11.1. The molecule has 0 aliphatic heterocycles. The summed E-state index contributed by atoms with van der Waals surface area (Å²) in [6.07, 6.45) is 2.00. The Bertz CT molecular complexity index is 1320. The molecule has 0 spiro atoms. The van der Waals surface area contributed by atoms with Crippen LogP contribution in [0.25, 0.3) is 11.4 Å². The number of nitrogens with one attached hydrogen (secondary N) is 2. The summed E-state index contributed by atoms with van der Waals surface area (Å²) in [7, 11) is 0. The molecule has 4 aromatic rings. The molecule has 0 radical (unpaired) electrons. The van der Waals surface area contributed by atoms with Gasteiger partial charge in [-0.2, -0.15) is 0 Å². The lowest BCUT2D eigenvalue weighted by atomic mass is 10.1. The van der Waals surface area contributed by atoms with E-state index in [-0.39, 0.29) is 22.9 Å². The predicted octanol–water partition coefficient (Wildman–Crippen LogP) is 4.77. The van der Waals surface area contributed by atoms with Crippen LogP contribution in [0.3, 0.4) is 0 Å². The van der Waals surface area contributed by atoms with E-state index >= 15 is 0 Å². The number of hydrogen-bond donors (Lipinski definition) is 4. The summed E-state index contributed by atoms with van der Waals surface area (Å²) >= 11 is 0. The van der Waals surface area contributed by atoms with Crippen LogP contribution in [0.15, 0.2) is 65.4 Å². The number of carbonyl (C=O) groups is 2. The largest absolute Gasteiger partial charge is 0.478 e. The number of aromatic amines is 1. The Morgan fingerprint density at radius 2 is 1.94 bits per heavy atom. The second kappa shape index (κ2) is 9.01. The van der Waals surface area contributed by atoms with Crippen LogP contribution in [-0.2, 0) is 0 Å². The van der Waals surface area contributed by atoms with Gasteiger partial charge in [-0.1, -0.05) is 6.07 Å². The van der Waals surface area contributed by atoms with Crippen molar-refractivity contribution in [2.24, 2.45) is 0 Å². The number of benzene rings is 1. The molecule has 9 heteroatoms. The Kier molecular flexibility index (Phi) is 5.97. The molecule has 1 amide bonds. The molecule has 3 heterocycles. The fourth-order valence-corrected chi connectivity index (χ4v) is 3.30. The normalized spacial score (nSPS) is 11.7. The van der Waals surface area contributed by atoms with Crippen LogP contribution >= 0.6 is 0 Å². The van der Waals surface area contributed by atoms with Gasteiger partial charge in [-0.3, -0.25) is 9.78 Å². The van der Waals surface area contributed by atoms with E-state index in [0.717, 1.165) is 5.56 Å². The van der Waals surface area contributed by atoms with Crippen LogP contribution in [0.2, 0.25) is 0 Å². The van der Waals surface area contributed by atoms with E-state index in [4.69, 9.17) is 9.15 Å². The SMILES string of the molecule is Cc1ccoc1C(=O)Nc1cccc(Oc2ccnc(-c3cc(C(=O)O)c(C(C)O)[nH]3)c2)c1. The highest BCUT2D eigenvalue weighted by Crippen LogP contribution is 2.29. The zero-order valence-corrected chi connectivity index (χ0v) is 17.8. The number of nitrogens with zero attached hydrogens (tertiary/aromatic N) is 1. The molecular formula is C24H21N3O6. The van der Waals surface area contributed by atoms with Gasteiger partial charge < -0.3 is 29.7 Å². The second-order valence-corrected chi connectivity index (χ2v) is 7.39. The number of carboxylic acids is 1. The van der Waals surface area contributed by atoms with Gasteiger partial charge in [-0.25, -0.2) is 4.79 Å². The van der Waals surface area contributed by atoms with Gasteiger partial charge in [-0.05, 0) is 44.2 Å². The summed E-state index contributed by atoms with van der Waals surface area (Å²) in [5.41, 5.74) is 2.31. The highest BCUT2D eigenvalue weighted by atomic mass is 16.5. The Morgan fingerprint density at radius 3 is 2.61 bits per heavy atom. The van der Waals surface area contributed by atoms with Crippen molar-refractivity contribution in [1.29, 1.82) is 0 Å². The molecule has 1 atom stereocenters. The number of aliphatic hydroxyl groups excluding tert-OH is 1. The standard InChI is InChI=1S/C24H21N3O6/c1-13-7-9-32-22(13)23(29)26-15-4-3-5-16(10-15)33-17-6-8-25-19(11-17)20-12-18(24(30)31)21(27-20)14(2)28/h3-12,14,27-28H,1-2H3,(H,26,29)(H,30,31). The number of aromatic nitrogens is 2. The lowest BCUT2D eigenvalue weighted by Gasteiger charge is -2.09.